The van der Waals surface area contributed by atoms with E-state index in [1.54, 1.807) is 0 Å². The van der Waals surface area contributed by atoms with Crippen molar-refractivity contribution in [2.45, 2.75) is 237 Å². The molecule has 0 spiro atoms. The summed E-state index contributed by atoms with van der Waals surface area (Å²) in [6, 6.07) is 0. The second-order valence-corrected chi connectivity index (χ2v) is 19.3. The Morgan fingerprint density at radius 1 is 0.279 bits per heavy atom. The smallest absolute Gasteiger partial charge is 0.0774 e. The Labute approximate surface area is 381 Å². The number of hydrogen-bond donors (Lipinski definition) is 1. The number of hydrogen-bond acceptors (Lipinski definition) is 1. The van der Waals surface area contributed by atoms with Crippen LogP contribution in [0.5, 0.6) is 0 Å². The molecule has 0 fully saturated rings. The van der Waals surface area contributed by atoms with Gasteiger partial charge in [-0.1, -0.05) is 141 Å². The second kappa shape index (κ2) is 37.4. The summed E-state index contributed by atoms with van der Waals surface area (Å²) in [5.74, 6) is 0. The number of unbranched alkanes of at least 4 members (excludes halogenated alkanes) is 2. The quantitative estimate of drug-likeness (QED) is 0.0506. The van der Waals surface area contributed by atoms with Crippen LogP contribution >= 0.6 is 0 Å². The highest BCUT2D eigenvalue weighted by molar-refractivity contribution is 5.11. The fourth-order valence-corrected chi connectivity index (χ4v) is 7.30. The van der Waals surface area contributed by atoms with Crippen LogP contribution in [0.4, 0.5) is 0 Å². The van der Waals surface area contributed by atoms with Gasteiger partial charge >= 0.3 is 0 Å². The van der Waals surface area contributed by atoms with Crippen LogP contribution in [-0.4, -0.2) is 10.7 Å². The van der Waals surface area contributed by atoms with Gasteiger partial charge in [0.15, 0.2) is 0 Å². The van der Waals surface area contributed by atoms with Gasteiger partial charge in [-0.3, -0.25) is 0 Å². The third-order valence-corrected chi connectivity index (χ3v) is 11.3. The molecule has 0 atom stereocenters. The summed E-state index contributed by atoms with van der Waals surface area (Å²) in [5, 5.41) is 9.87. The molecule has 0 aromatic carbocycles. The summed E-state index contributed by atoms with van der Waals surface area (Å²) in [7, 11) is 0. The molecule has 61 heavy (non-hydrogen) atoms. The normalized spacial score (nSPS) is 15.0. The maximum atomic E-state index is 9.87. The van der Waals surface area contributed by atoms with Crippen molar-refractivity contribution in [3.05, 3.63) is 141 Å². The van der Waals surface area contributed by atoms with Gasteiger partial charge in [-0.2, -0.15) is 0 Å². The van der Waals surface area contributed by atoms with E-state index in [0.29, 0.717) is 0 Å². The van der Waals surface area contributed by atoms with E-state index in [1.165, 1.54) is 114 Å². The van der Waals surface area contributed by atoms with Crippen molar-refractivity contribution in [1.82, 2.24) is 0 Å². The summed E-state index contributed by atoms with van der Waals surface area (Å²) in [4.78, 5) is 0. The first-order chi connectivity index (χ1) is 29.0. The molecular formula is C60H98O. The van der Waals surface area contributed by atoms with E-state index in [4.69, 9.17) is 0 Å². The van der Waals surface area contributed by atoms with Gasteiger partial charge in [-0.15, -0.1) is 0 Å². The van der Waals surface area contributed by atoms with Crippen molar-refractivity contribution in [3.63, 3.8) is 0 Å². The van der Waals surface area contributed by atoms with E-state index in [0.717, 1.165) is 83.5 Å². The van der Waals surface area contributed by atoms with Gasteiger partial charge in [-0.25, -0.2) is 0 Å². The van der Waals surface area contributed by atoms with Gasteiger partial charge in [0.25, 0.3) is 0 Å². The molecule has 0 saturated carbocycles. The van der Waals surface area contributed by atoms with Crippen molar-refractivity contribution in [2.24, 2.45) is 0 Å². The Bertz CT molecular complexity index is 1550. The van der Waals surface area contributed by atoms with Crippen molar-refractivity contribution in [2.75, 3.05) is 0 Å². The number of aliphatic hydroxyl groups is 1. The molecule has 0 amide bonds. The Hall–Kier alpha value is -3.16. The Morgan fingerprint density at radius 2 is 0.492 bits per heavy atom. The summed E-state index contributed by atoms with van der Waals surface area (Å²) in [6.07, 6.45) is 58.4. The van der Waals surface area contributed by atoms with Gasteiger partial charge in [-0.05, 0) is 231 Å². The largest absolute Gasteiger partial charge is 0.386 e. The van der Waals surface area contributed by atoms with Gasteiger partial charge in [0.1, 0.15) is 0 Å². The van der Waals surface area contributed by atoms with Crippen LogP contribution in [-0.2, 0) is 0 Å². The minimum absolute atomic E-state index is 0.712. The third-order valence-electron chi connectivity index (χ3n) is 11.3. The molecule has 0 aliphatic rings. The van der Waals surface area contributed by atoms with E-state index in [-0.39, 0.29) is 0 Å². The number of allylic oxidation sites excluding steroid dienone is 23. The van der Waals surface area contributed by atoms with Crippen LogP contribution in [0.25, 0.3) is 0 Å². The lowest BCUT2D eigenvalue weighted by Crippen LogP contribution is -2.14. The van der Waals surface area contributed by atoms with Crippen LogP contribution in [0.3, 0.4) is 0 Å². The molecule has 1 heteroatoms. The minimum Gasteiger partial charge on any atom is -0.386 e. The van der Waals surface area contributed by atoms with Crippen LogP contribution < -0.4 is 0 Å². The summed E-state index contributed by atoms with van der Waals surface area (Å²) in [5.41, 5.74) is 14.2. The molecule has 0 radical (unpaired) electrons. The predicted octanol–water partition coefficient (Wildman–Crippen LogP) is 19.9. The zero-order valence-corrected chi connectivity index (χ0v) is 42.6. The molecule has 0 aliphatic carbocycles. The van der Waals surface area contributed by atoms with E-state index in [1.807, 2.05) is 19.9 Å². The van der Waals surface area contributed by atoms with E-state index in [9.17, 15) is 5.11 Å². The molecule has 0 saturated heterocycles. The van der Waals surface area contributed by atoms with Crippen molar-refractivity contribution in [3.8, 4) is 0 Å². The van der Waals surface area contributed by atoms with Gasteiger partial charge < -0.3 is 5.11 Å². The molecule has 0 heterocycles. The standard InChI is InChI=1S/C60H98O/c1-50(2)31-23-34-52(4)36-25-38-54(6)40-27-42-56(8)44-29-46-58(10)48-30-47-57(9)45-28-43-55(7)41-26-39-53(5)37-24-35-51(3)32-21-19-17-15-14-16-18-20-22-33-59(11)49-60(12,13)61/h15,17-18,20,31-32,36-37,40-41,44-45,48-49,61H,14,16,19,21-30,33-35,38-39,42-43,46-47H2,1-13H3/b17-15+,20-18+,51-32+,52-36-,53-37+,54-40-,55-41+,56-44-,57-45+,58-48+,59-49-. The average molecular weight is 835 g/mol. The lowest BCUT2D eigenvalue weighted by molar-refractivity contribution is 0.132. The maximum absolute atomic E-state index is 9.87. The molecule has 1 nitrogen and oxygen atoms in total. The molecule has 344 valence electrons. The number of rotatable bonds is 34. The highest BCUT2D eigenvalue weighted by atomic mass is 16.3. The van der Waals surface area contributed by atoms with Crippen molar-refractivity contribution in [1.29, 1.82) is 0 Å². The summed E-state index contributed by atoms with van der Waals surface area (Å²) >= 11 is 0. The molecular weight excluding hydrogens is 737 g/mol. The van der Waals surface area contributed by atoms with Gasteiger partial charge in [0.2, 0.25) is 0 Å². The molecule has 0 bridgehead atoms. The predicted molar refractivity (Wildman–Crippen MR) is 279 cm³/mol. The van der Waals surface area contributed by atoms with Crippen LogP contribution in [0.2, 0.25) is 0 Å². The topological polar surface area (TPSA) is 20.2 Å². The van der Waals surface area contributed by atoms with Gasteiger partial charge in [0.05, 0.1) is 5.60 Å². The van der Waals surface area contributed by atoms with E-state index >= 15 is 0 Å². The molecule has 0 rings (SSSR count). The third kappa shape index (κ3) is 41.9. The summed E-state index contributed by atoms with van der Waals surface area (Å²) < 4.78 is 0. The first-order valence-electron chi connectivity index (χ1n) is 24.6. The fourth-order valence-electron chi connectivity index (χ4n) is 7.30. The van der Waals surface area contributed by atoms with Gasteiger partial charge in [0, 0.05) is 0 Å². The fraction of sp³-hybridized carbons (Fsp3) is 0.600. The lowest BCUT2D eigenvalue weighted by Gasteiger charge is -2.12. The molecule has 1 N–H and O–H groups in total. The van der Waals surface area contributed by atoms with E-state index < -0.39 is 5.60 Å². The highest BCUT2D eigenvalue weighted by Gasteiger charge is 2.07. The van der Waals surface area contributed by atoms with Crippen molar-refractivity contribution < 1.29 is 5.11 Å². The Balaban J connectivity index is 4.18. The van der Waals surface area contributed by atoms with Crippen LogP contribution in [0, 0.1) is 0 Å². The lowest BCUT2D eigenvalue weighted by atomic mass is 10.0. The zero-order chi connectivity index (χ0) is 45.7. The van der Waals surface area contributed by atoms with E-state index in [2.05, 4.69) is 155 Å². The highest BCUT2D eigenvalue weighted by Crippen LogP contribution is 2.18. The molecule has 0 aliphatic heterocycles. The van der Waals surface area contributed by atoms with Crippen LogP contribution in [0.15, 0.2) is 141 Å². The average Bonchev–Trinajstić information content (AvgIpc) is 3.16. The Morgan fingerprint density at radius 3 is 0.754 bits per heavy atom. The second-order valence-electron chi connectivity index (χ2n) is 19.3. The summed E-state index contributed by atoms with van der Waals surface area (Å²) in [6.45, 7) is 28.5. The molecule has 0 aromatic heterocycles. The minimum atomic E-state index is -0.712. The first-order valence-corrected chi connectivity index (χ1v) is 24.6. The van der Waals surface area contributed by atoms with Crippen LogP contribution in [0.1, 0.15) is 231 Å². The monoisotopic (exact) mass is 835 g/mol. The molecule has 0 unspecified atom stereocenters. The Kier molecular flexibility index (Phi) is 35.5. The SMILES string of the molecule is CC(C)=CCC/C(C)=C\CC/C(C)=C\CC/C(C)=C\CC/C(C)=C/CC/C(C)=C/CC/C(C)=C/CC/C(C)=C/CC/C(C)=C/CC/C=C/CC/C=C/CC/C(C)=C\C(C)(C)O. The zero-order valence-electron chi connectivity index (χ0n) is 42.6. The maximum Gasteiger partial charge on any atom is 0.0774 e. The first kappa shape index (κ1) is 57.8. The molecule has 0 aromatic rings. The van der Waals surface area contributed by atoms with Crippen molar-refractivity contribution >= 4 is 0 Å².